The summed E-state index contributed by atoms with van der Waals surface area (Å²) in [4.78, 5) is 25.5. The molecule has 0 saturated carbocycles. The zero-order valence-electron chi connectivity index (χ0n) is 15.3. The third-order valence-electron chi connectivity index (χ3n) is 6.43. The topological polar surface area (TPSA) is 83.8 Å². The molecule has 2 unspecified atom stereocenters. The van der Waals surface area contributed by atoms with E-state index < -0.39 is 11.8 Å². The molecule has 3 aromatic rings. The number of benzene rings is 3. The number of Topliss-reactive ketones (excluding diaryl/α,β-unsaturated/α-hetero) is 1. The monoisotopic (exact) mass is 384 g/mol. The summed E-state index contributed by atoms with van der Waals surface area (Å²) < 4.78 is 5.37. The lowest BCUT2D eigenvalue weighted by Crippen LogP contribution is -2.44. The molecule has 5 heteroatoms. The summed E-state index contributed by atoms with van der Waals surface area (Å²) in [6, 6.07) is 14.1. The quantitative estimate of drug-likeness (QED) is 0.579. The van der Waals surface area contributed by atoms with E-state index in [-0.39, 0.29) is 36.3 Å². The van der Waals surface area contributed by atoms with Gasteiger partial charge in [0.1, 0.15) is 18.1 Å². The summed E-state index contributed by atoms with van der Waals surface area (Å²) in [5, 5.41) is 24.5. The molecule has 1 saturated heterocycles. The van der Waals surface area contributed by atoms with Gasteiger partial charge in [-0.05, 0) is 39.1 Å². The van der Waals surface area contributed by atoms with E-state index in [1.54, 1.807) is 24.3 Å². The lowest BCUT2D eigenvalue weighted by Gasteiger charge is -2.33. The van der Waals surface area contributed by atoms with E-state index in [1.807, 2.05) is 24.3 Å². The van der Waals surface area contributed by atoms with Gasteiger partial charge in [-0.1, -0.05) is 36.4 Å². The maximum Gasteiger partial charge on any atom is 0.314 e. The van der Waals surface area contributed by atoms with Crippen LogP contribution in [-0.2, 0) is 9.53 Å². The smallest absolute Gasteiger partial charge is 0.314 e. The number of hydrogen-bond acceptors (Lipinski definition) is 5. The number of aromatic hydroxyl groups is 2. The third kappa shape index (κ3) is 1.99. The van der Waals surface area contributed by atoms with E-state index in [9.17, 15) is 19.8 Å². The zero-order valence-corrected chi connectivity index (χ0v) is 15.3. The van der Waals surface area contributed by atoms with Gasteiger partial charge in [0.05, 0.1) is 5.92 Å². The van der Waals surface area contributed by atoms with Gasteiger partial charge < -0.3 is 14.9 Å². The van der Waals surface area contributed by atoms with Crippen molar-refractivity contribution in [1.82, 2.24) is 0 Å². The average molecular weight is 384 g/mol. The van der Waals surface area contributed by atoms with E-state index in [2.05, 4.69) is 0 Å². The number of phenolic OH excluding ortho intramolecular Hbond substituents is 2. The van der Waals surface area contributed by atoms with Gasteiger partial charge in [0, 0.05) is 28.9 Å². The molecular weight excluding hydrogens is 368 g/mol. The summed E-state index contributed by atoms with van der Waals surface area (Å²) in [6.07, 6.45) is 0.184. The molecule has 0 radical (unpaired) electrons. The normalized spacial score (nSPS) is 22.1. The number of phenols is 2. The molecule has 2 aliphatic carbocycles. The predicted octanol–water partition coefficient (Wildman–Crippen LogP) is 1.99. The largest absolute Gasteiger partial charge is 0.507 e. The molecule has 142 valence electrons. The fourth-order valence-electron chi connectivity index (χ4n) is 5.27. The number of cyclic esters (lactones) is 1. The van der Waals surface area contributed by atoms with Crippen LogP contribution in [0, 0.1) is 11.8 Å². The number of ketones is 1. The van der Waals surface area contributed by atoms with Gasteiger partial charge in [-0.25, -0.2) is 0 Å². The Hall–Kier alpha value is -3.60. The van der Waals surface area contributed by atoms with Crippen LogP contribution < -0.4 is 10.4 Å². The summed E-state index contributed by atoms with van der Waals surface area (Å²) >= 11 is 0. The first-order chi connectivity index (χ1) is 14.1. The van der Waals surface area contributed by atoms with Crippen molar-refractivity contribution in [3.63, 3.8) is 0 Å². The molecular formula is C24H16O5. The van der Waals surface area contributed by atoms with Gasteiger partial charge in [-0.3, -0.25) is 9.59 Å². The molecule has 29 heavy (non-hydrogen) atoms. The van der Waals surface area contributed by atoms with E-state index in [4.69, 9.17) is 4.74 Å². The number of carbonyl (C=O) groups excluding carboxylic acids is 2. The summed E-state index contributed by atoms with van der Waals surface area (Å²) in [5.74, 6) is -1.26. The molecule has 1 fully saturated rings. The van der Waals surface area contributed by atoms with Gasteiger partial charge in [-0.2, -0.15) is 0 Å². The van der Waals surface area contributed by atoms with Gasteiger partial charge in [0.25, 0.3) is 0 Å². The van der Waals surface area contributed by atoms with E-state index in [0.29, 0.717) is 16.5 Å². The number of rotatable bonds is 0. The van der Waals surface area contributed by atoms with Crippen molar-refractivity contribution in [3.05, 3.63) is 70.1 Å². The maximum atomic E-state index is 12.9. The molecule has 3 aliphatic rings. The number of hydrogen-bond donors (Lipinski definition) is 2. The Morgan fingerprint density at radius 2 is 1.72 bits per heavy atom. The van der Waals surface area contributed by atoms with Gasteiger partial charge in [-0.15, -0.1) is 0 Å². The van der Waals surface area contributed by atoms with Crippen LogP contribution in [0.5, 0.6) is 11.5 Å². The SMILES string of the molecule is O=C1CC2C(=c3c(cc(O)c4ccccc34)=C3COC(=O)C32)c2c(O)cccc21. The Labute approximate surface area is 165 Å². The van der Waals surface area contributed by atoms with Crippen molar-refractivity contribution in [3.8, 4) is 11.5 Å². The fourth-order valence-corrected chi connectivity index (χ4v) is 5.27. The molecule has 1 aliphatic heterocycles. The van der Waals surface area contributed by atoms with E-state index in [1.165, 1.54) is 0 Å². The first kappa shape index (κ1) is 16.4. The minimum Gasteiger partial charge on any atom is -0.507 e. The second-order valence-electron chi connectivity index (χ2n) is 7.82. The zero-order chi connectivity index (χ0) is 19.9. The number of ether oxygens (including phenoxy) is 1. The van der Waals surface area contributed by atoms with Crippen LogP contribution in [0.4, 0.5) is 0 Å². The van der Waals surface area contributed by atoms with Crippen LogP contribution in [0.3, 0.4) is 0 Å². The van der Waals surface area contributed by atoms with E-state index >= 15 is 0 Å². The molecule has 2 N–H and O–H groups in total. The van der Waals surface area contributed by atoms with Crippen LogP contribution in [0.15, 0.2) is 48.5 Å². The van der Waals surface area contributed by atoms with Crippen LogP contribution >= 0.6 is 0 Å². The highest BCUT2D eigenvalue weighted by Crippen LogP contribution is 2.47. The average Bonchev–Trinajstić information content (AvgIpc) is 3.11. The molecule has 5 nitrogen and oxygen atoms in total. The van der Waals surface area contributed by atoms with E-state index in [0.717, 1.165) is 27.0 Å². The number of fused-ring (bicyclic) bond motifs is 8. The van der Waals surface area contributed by atoms with Crippen molar-refractivity contribution >= 4 is 33.7 Å². The van der Waals surface area contributed by atoms with Crippen LogP contribution in [0.2, 0.25) is 0 Å². The Morgan fingerprint density at radius 1 is 0.931 bits per heavy atom. The second kappa shape index (κ2) is 5.47. The maximum absolute atomic E-state index is 12.9. The Bertz CT molecular complexity index is 1400. The molecule has 2 atom stereocenters. The number of carbonyl (C=O) groups is 2. The predicted molar refractivity (Wildman–Crippen MR) is 106 cm³/mol. The van der Waals surface area contributed by atoms with Gasteiger partial charge in [0.15, 0.2) is 5.78 Å². The molecule has 1 heterocycles. The first-order valence-corrected chi connectivity index (χ1v) is 9.56. The summed E-state index contributed by atoms with van der Waals surface area (Å²) in [6.45, 7) is 0.153. The first-order valence-electron chi connectivity index (χ1n) is 9.56. The Balaban J connectivity index is 1.93. The molecule has 3 aromatic carbocycles. The van der Waals surface area contributed by atoms with Crippen molar-refractivity contribution < 1.29 is 24.5 Å². The molecule has 0 aromatic heterocycles. The molecule has 0 amide bonds. The molecule has 6 rings (SSSR count). The van der Waals surface area contributed by atoms with Gasteiger partial charge >= 0.3 is 5.97 Å². The van der Waals surface area contributed by atoms with Crippen LogP contribution in [0.25, 0.3) is 21.9 Å². The highest BCUT2D eigenvalue weighted by Gasteiger charge is 2.47. The van der Waals surface area contributed by atoms with Crippen molar-refractivity contribution in [2.45, 2.75) is 6.42 Å². The standard InChI is InChI=1S/C24H16O5/c25-17-7-3-6-13-19(27)9-15-21-16(10-29-24(21)28)14-8-18(26)11-4-1-2-5-12(11)20(14)23(15)22(13)17/h1-8,15,21,25-26H,9-10H2. The molecule has 0 bridgehead atoms. The molecule has 0 spiro atoms. The van der Waals surface area contributed by atoms with Crippen LogP contribution in [-0.4, -0.2) is 28.6 Å². The highest BCUT2D eigenvalue weighted by atomic mass is 16.5. The Kier molecular flexibility index (Phi) is 3.09. The van der Waals surface area contributed by atoms with Crippen molar-refractivity contribution in [2.75, 3.05) is 6.61 Å². The number of esters is 1. The third-order valence-corrected chi connectivity index (χ3v) is 6.43. The lowest BCUT2D eigenvalue weighted by atomic mass is 9.67. The second-order valence-corrected chi connectivity index (χ2v) is 7.82. The van der Waals surface area contributed by atoms with Crippen molar-refractivity contribution in [1.29, 1.82) is 0 Å². The lowest BCUT2D eigenvalue weighted by molar-refractivity contribution is -0.141. The van der Waals surface area contributed by atoms with Crippen LogP contribution in [0.1, 0.15) is 22.3 Å². The fraction of sp³-hybridized carbons (Fsp3) is 0.167. The highest BCUT2D eigenvalue weighted by molar-refractivity contribution is 6.09. The van der Waals surface area contributed by atoms with Gasteiger partial charge in [0.2, 0.25) is 0 Å². The summed E-state index contributed by atoms with van der Waals surface area (Å²) in [7, 11) is 0. The summed E-state index contributed by atoms with van der Waals surface area (Å²) in [5.41, 5.74) is 2.54. The Morgan fingerprint density at radius 3 is 2.55 bits per heavy atom. The van der Waals surface area contributed by atoms with Crippen molar-refractivity contribution in [2.24, 2.45) is 11.8 Å². The minimum absolute atomic E-state index is 0.0217. The minimum atomic E-state index is -0.574.